The Labute approximate surface area is 115 Å². The fourth-order valence-electron chi connectivity index (χ4n) is 2.60. The van der Waals surface area contributed by atoms with Gasteiger partial charge in [-0.3, -0.25) is 0 Å². The molecular weight excluding hydrogens is 242 g/mol. The standard InChI is InChI=1S/C16H17N.ClH/c1-12-4-2-6-14(10-12)15-7-3-5-13-8-9-17-11-16(13)15;/h2-7,10,17H,8-9,11H2,1H3;1H. The van der Waals surface area contributed by atoms with Gasteiger partial charge in [-0.2, -0.15) is 0 Å². The van der Waals surface area contributed by atoms with Crippen LogP contribution >= 0.6 is 12.4 Å². The average Bonchev–Trinajstić information content (AvgIpc) is 2.38. The lowest BCUT2D eigenvalue weighted by Crippen LogP contribution is -2.24. The molecule has 1 nitrogen and oxygen atoms in total. The highest BCUT2D eigenvalue weighted by Crippen LogP contribution is 2.28. The van der Waals surface area contributed by atoms with Gasteiger partial charge in [0.1, 0.15) is 0 Å². The van der Waals surface area contributed by atoms with E-state index in [-0.39, 0.29) is 12.4 Å². The summed E-state index contributed by atoms with van der Waals surface area (Å²) in [6.45, 7) is 4.25. The monoisotopic (exact) mass is 259 g/mol. The lowest BCUT2D eigenvalue weighted by molar-refractivity contribution is 0.645. The average molecular weight is 260 g/mol. The molecule has 18 heavy (non-hydrogen) atoms. The molecule has 0 amide bonds. The van der Waals surface area contributed by atoms with Crippen LogP contribution in [0.2, 0.25) is 0 Å². The minimum atomic E-state index is 0. The van der Waals surface area contributed by atoms with E-state index in [0.717, 1.165) is 19.5 Å². The third-order valence-corrected chi connectivity index (χ3v) is 3.48. The number of nitrogens with one attached hydrogen (secondary N) is 1. The lowest BCUT2D eigenvalue weighted by Gasteiger charge is -2.20. The summed E-state index contributed by atoms with van der Waals surface area (Å²) < 4.78 is 0. The Bertz CT molecular complexity index is 549. The van der Waals surface area contributed by atoms with Gasteiger partial charge in [0.2, 0.25) is 0 Å². The van der Waals surface area contributed by atoms with Gasteiger partial charge in [-0.15, -0.1) is 12.4 Å². The third-order valence-electron chi connectivity index (χ3n) is 3.48. The Kier molecular flexibility index (Phi) is 4.05. The zero-order valence-electron chi connectivity index (χ0n) is 10.6. The number of benzene rings is 2. The molecule has 1 N–H and O–H groups in total. The molecule has 0 aromatic heterocycles. The van der Waals surface area contributed by atoms with Crippen LogP contribution < -0.4 is 5.32 Å². The highest BCUT2D eigenvalue weighted by Gasteiger charge is 2.13. The van der Waals surface area contributed by atoms with Gasteiger partial charge in [-0.1, -0.05) is 48.0 Å². The molecule has 2 heteroatoms. The van der Waals surface area contributed by atoms with Crippen molar-refractivity contribution in [2.45, 2.75) is 19.9 Å². The summed E-state index contributed by atoms with van der Waals surface area (Å²) in [5.41, 5.74) is 7.03. The molecule has 0 saturated carbocycles. The van der Waals surface area contributed by atoms with Gasteiger partial charge in [0.25, 0.3) is 0 Å². The maximum Gasteiger partial charge on any atom is 0.0214 e. The molecule has 94 valence electrons. The first-order chi connectivity index (χ1) is 8.34. The van der Waals surface area contributed by atoms with Crippen molar-refractivity contribution in [3.63, 3.8) is 0 Å². The topological polar surface area (TPSA) is 12.0 Å². The summed E-state index contributed by atoms with van der Waals surface area (Å²) in [6, 6.07) is 15.4. The highest BCUT2D eigenvalue weighted by molar-refractivity contribution is 5.85. The van der Waals surface area contributed by atoms with Crippen LogP contribution in [-0.2, 0) is 13.0 Å². The van der Waals surface area contributed by atoms with Crippen molar-refractivity contribution < 1.29 is 0 Å². The lowest BCUT2D eigenvalue weighted by atomic mass is 9.91. The van der Waals surface area contributed by atoms with E-state index in [1.165, 1.54) is 27.8 Å². The molecule has 2 aromatic rings. The maximum atomic E-state index is 3.47. The molecule has 0 unspecified atom stereocenters. The summed E-state index contributed by atoms with van der Waals surface area (Å²) in [5.74, 6) is 0. The largest absolute Gasteiger partial charge is 0.312 e. The number of halogens is 1. The molecule has 2 aromatic carbocycles. The number of hydrogen-bond donors (Lipinski definition) is 1. The second-order valence-corrected chi connectivity index (χ2v) is 4.74. The zero-order valence-corrected chi connectivity index (χ0v) is 11.4. The van der Waals surface area contributed by atoms with Crippen LogP contribution in [0.5, 0.6) is 0 Å². The van der Waals surface area contributed by atoms with Gasteiger partial charge >= 0.3 is 0 Å². The van der Waals surface area contributed by atoms with E-state index >= 15 is 0 Å². The Balaban J connectivity index is 0.00000120. The van der Waals surface area contributed by atoms with Crippen molar-refractivity contribution in [1.29, 1.82) is 0 Å². The molecule has 0 fully saturated rings. The van der Waals surface area contributed by atoms with E-state index in [2.05, 4.69) is 54.7 Å². The SMILES string of the molecule is Cc1cccc(-c2cccc3c2CNCC3)c1.Cl. The van der Waals surface area contributed by atoms with Crippen LogP contribution in [-0.4, -0.2) is 6.54 Å². The molecule has 0 saturated heterocycles. The first kappa shape index (κ1) is 13.1. The van der Waals surface area contributed by atoms with E-state index in [4.69, 9.17) is 0 Å². The second kappa shape index (κ2) is 5.55. The summed E-state index contributed by atoms with van der Waals surface area (Å²) in [5, 5.41) is 3.47. The van der Waals surface area contributed by atoms with Crippen LogP contribution in [0.25, 0.3) is 11.1 Å². The number of rotatable bonds is 1. The van der Waals surface area contributed by atoms with Crippen molar-refractivity contribution in [2.24, 2.45) is 0 Å². The summed E-state index contributed by atoms with van der Waals surface area (Å²) in [4.78, 5) is 0. The Morgan fingerprint density at radius 1 is 1.06 bits per heavy atom. The normalized spacial score (nSPS) is 13.6. The van der Waals surface area contributed by atoms with Gasteiger partial charge in [0, 0.05) is 6.54 Å². The Morgan fingerprint density at radius 2 is 1.89 bits per heavy atom. The zero-order chi connectivity index (χ0) is 11.7. The number of hydrogen-bond acceptors (Lipinski definition) is 1. The molecule has 0 atom stereocenters. The molecule has 0 aliphatic carbocycles. The first-order valence-corrected chi connectivity index (χ1v) is 6.23. The molecule has 1 aliphatic heterocycles. The highest BCUT2D eigenvalue weighted by atomic mass is 35.5. The molecule has 0 bridgehead atoms. The van der Waals surface area contributed by atoms with Crippen LogP contribution in [0.1, 0.15) is 16.7 Å². The maximum absolute atomic E-state index is 3.47. The molecule has 0 radical (unpaired) electrons. The first-order valence-electron chi connectivity index (χ1n) is 6.23. The Hall–Kier alpha value is -1.31. The van der Waals surface area contributed by atoms with E-state index in [1.54, 1.807) is 0 Å². The van der Waals surface area contributed by atoms with Gasteiger partial charge in [0.15, 0.2) is 0 Å². The predicted octanol–water partition coefficient (Wildman–Crippen LogP) is 3.73. The van der Waals surface area contributed by atoms with Crippen molar-refractivity contribution in [2.75, 3.05) is 6.54 Å². The van der Waals surface area contributed by atoms with Gasteiger partial charge < -0.3 is 5.32 Å². The number of aryl methyl sites for hydroxylation is 1. The van der Waals surface area contributed by atoms with E-state index < -0.39 is 0 Å². The van der Waals surface area contributed by atoms with Crippen molar-refractivity contribution in [3.8, 4) is 11.1 Å². The fourth-order valence-corrected chi connectivity index (χ4v) is 2.60. The van der Waals surface area contributed by atoms with E-state index in [1.807, 2.05) is 0 Å². The number of fused-ring (bicyclic) bond motifs is 1. The molecule has 1 aliphatic rings. The summed E-state index contributed by atoms with van der Waals surface area (Å²) in [6.07, 6.45) is 1.15. The molecule has 1 heterocycles. The summed E-state index contributed by atoms with van der Waals surface area (Å²) in [7, 11) is 0. The van der Waals surface area contributed by atoms with Crippen molar-refractivity contribution >= 4 is 12.4 Å². The minimum absolute atomic E-state index is 0. The van der Waals surface area contributed by atoms with E-state index in [0.29, 0.717) is 0 Å². The van der Waals surface area contributed by atoms with Crippen LogP contribution in [0.3, 0.4) is 0 Å². The van der Waals surface area contributed by atoms with Gasteiger partial charge in [-0.05, 0) is 42.1 Å². The van der Waals surface area contributed by atoms with Crippen LogP contribution in [0.15, 0.2) is 42.5 Å². The molecular formula is C16H18ClN. The van der Waals surface area contributed by atoms with Crippen LogP contribution in [0, 0.1) is 6.92 Å². The van der Waals surface area contributed by atoms with Crippen molar-refractivity contribution in [3.05, 3.63) is 59.2 Å². The predicted molar refractivity (Wildman–Crippen MR) is 79.3 cm³/mol. The third kappa shape index (κ3) is 2.43. The van der Waals surface area contributed by atoms with Gasteiger partial charge in [-0.25, -0.2) is 0 Å². The summed E-state index contributed by atoms with van der Waals surface area (Å²) >= 11 is 0. The van der Waals surface area contributed by atoms with Crippen molar-refractivity contribution in [1.82, 2.24) is 5.32 Å². The Morgan fingerprint density at radius 3 is 2.72 bits per heavy atom. The van der Waals surface area contributed by atoms with Crippen LogP contribution in [0.4, 0.5) is 0 Å². The second-order valence-electron chi connectivity index (χ2n) is 4.74. The van der Waals surface area contributed by atoms with Gasteiger partial charge in [0.05, 0.1) is 0 Å². The minimum Gasteiger partial charge on any atom is -0.312 e. The molecule has 3 rings (SSSR count). The fraction of sp³-hybridized carbons (Fsp3) is 0.250. The smallest absolute Gasteiger partial charge is 0.0214 e. The van der Waals surface area contributed by atoms with E-state index in [9.17, 15) is 0 Å². The quantitative estimate of drug-likeness (QED) is 0.823. The molecule has 0 spiro atoms.